The Morgan fingerprint density at radius 1 is 1.15 bits per heavy atom. The second-order valence-corrected chi connectivity index (χ2v) is 7.00. The average Bonchev–Trinajstić information content (AvgIpc) is 2.00. The topological polar surface area (TPSA) is 9.23 Å². The zero-order valence-corrected chi connectivity index (χ0v) is 9.72. The predicted molar refractivity (Wildman–Crippen MR) is 56.0 cm³/mol. The van der Waals surface area contributed by atoms with Crippen LogP contribution in [0.15, 0.2) is 0 Å². The van der Waals surface area contributed by atoms with E-state index in [9.17, 15) is 0 Å². The van der Waals surface area contributed by atoms with Gasteiger partial charge in [0.1, 0.15) is 0 Å². The third-order valence-electron chi connectivity index (χ3n) is 4.38. The molecule has 4 rings (SSSR count). The molecule has 0 spiro atoms. The summed E-state index contributed by atoms with van der Waals surface area (Å²) in [5.41, 5.74) is 0. The monoisotopic (exact) mass is 244 g/mol. The van der Waals surface area contributed by atoms with Crippen LogP contribution in [0.4, 0.5) is 0 Å². The molecular weight excluding hydrogens is 228 g/mol. The Bertz CT molecular complexity index is 212. The van der Waals surface area contributed by atoms with Gasteiger partial charge < -0.3 is 4.74 Å². The van der Waals surface area contributed by atoms with E-state index in [-0.39, 0.29) is 0 Å². The fourth-order valence-electron chi connectivity index (χ4n) is 4.26. The first-order valence-electron chi connectivity index (χ1n) is 5.42. The second kappa shape index (κ2) is 2.73. The number of ether oxygens (including phenoxy) is 1. The summed E-state index contributed by atoms with van der Waals surface area (Å²) in [6.45, 7) is 0. The molecule has 2 heteroatoms. The number of hydrogen-bond acceptors (Lipinski definition) is 1. The van der Waals surface area contributed by atoms with Gasteiger partial charge in [-0.1, -0.05) is 15.9 Å². The van der Waals surface area contributed by atoms with Gasteiger partial charge in [0.25, 0.3) is 0 Å². The Kier molecular flexibility index (Phi) is 1.83. The molecule has 0 aromatic carbocycles. The lowest BCUT2D eigenvalue weighted by molar-refractivity contribution is -0.0997. The standard InChI is InChI=1S/C11H17BrO/c1-13-10-8-2-7-3-9(10)6-11(12,4-7)5-8/h7-10H,2-6H2,1H3/t7?,8-,9+,10?,11?. The van der Waals surface area contributed by atoms with Gasteiger partial charge in [0, 0.05) is 11.4 Å². The molecule has 3 unspecified atom stereocenters. The highest BCUT2D eigenvalue weighted by atomic mass is 79.9. The Morgan fingerprint density at radius 3 is 2.23 bits per heavy atom. The fourth-order valence-corrected chi connectivity index (χ4v) is 5.55. The van der Waals surface area contributed by atoms with Gasteiger partial charge in [0.05, 0.1) is 6.10 Å². The minimum absolute atomic E-state index is 0.512. The highest BCUT2D eigenvalue weighted by Gasteiger charge is 2.54. The molecule has 0 aliphatic heterocycles. The first kappa shape index (κ1) is 8.72. The Morgan fingerprint density at radius 2 is 1.77 bits per heavy atom. The summed E-state index contributed by atoms with van der Waals surface area (Å²) < 4.78 is 6.16. The van der Waals surface area contributed by atoms with Crippen molar-refractivity contribution in [2.24, 2.45) is 17.8 Å². The van der Waals surface area contributed by atoms with Crippen molar-refractivity contribution in [1.82, 2.24) is 0 Å². The quantitative estimate of drug-likeness (QED) is 0.645. The molecule has 0 heterocycles. The summed E-state index contributed by atoms with van der Waals surface area (Å²) in [5, 5.41) is 0. The van der Waals surface area contributed by atoms with Crippen LogP contribution in [0.2, 0.25) is 0 Å². The normalized spacial score (nSPS) is 58.6. The molecule has 4 aliphatic carbocycles. The average molecular weight is 245 g/mol. The number of hydrogen-bond donors (Lipinski definition) is 0. The lowest BCUT2D eigenvalue weighted by atomic mass is 9.55. The van der Waals surface area contributed by atoms with Gasteiger partial charge in [-0.2, -0.15) is 0 Å². The lowest BCUT2D eigenvalue weighted by Gasteiger charge is -2.57. The SMILES string of the molecule is COC1[C@@H]2CC3C[C@H]1CC(Br)(C3)C2. The molecular formula is C11H17BrO. The number of halogens is 1. The van der Waals surface area contributed by atoms with Crippen molar-refractivity contribution in [2.75, 3.05) is 7.11 Å². The van der Waals surface area contributed by atoms with E-state index >= 15 is 0 Å². The summed E-state index contributed by atoms with van der Waals surface area (Å²) in [7, 11) is 1.90. The van der Waals surface area contributed by atoms with Gasteiger partial charge in [0.15, 0.2) is 0 Å². The van der Waals surface area contributed by atoms with Crippen LogP contribution in [-0.2, 0) is 4.74 Å². The Balaban J connectivity index is 1.90. The van der Waals surface area contributed by atoms with Gasteiger partial charge >= 0.3 is 0 Å². The molecule has 4 bridgehead atoms. The highest BCUT2D eigenvalue weighted by molar-refractivity contribution is 9.10. The molecule has 13 heavy (non-hydrogen) atoms. The smallest absolute Gasteiger partial charge is 0.0628 e. The van der Waals surface area contributed by atoms with E-state index < -0.39 is 0 Å². The Hall–Kier alpha value is 0.440. The molecule has 5 atom stereocenters. The zero-order chi connectivity index (χ0) is 9.05. The maximum Gasteiger partial charge on any atom is 0.0628 e. The third kappa shape index (κ3) is 1.21. The predicted octanol–water partition coefficient (Wildman–Crippen LogP) is 2.98. The van der Waals surface area contributed by atoms with E-state index in [2.05, 4.69) is 15.9 Å². The van der Waals surface area contributed by atoms with Crippen LogP contribution >= 0.6 is 15.9 Å². The maximum atomic E-state index is 5.65. The van der Waals surface area contributed by atoms with Crippen molar-refractivity contribution in [3.63, 3.8) is 0 Å². The first-order valence-corrected chi connectivity index (χ1v) is 6.21. The third-order valence-corrected chi connectivity index (χ3v) is 5.36. The van der Waals surface area contributed by atoms with Crippen molar-refractivity contribution in [1.29, 1.82) is 0 Å². The summed E-state index contributed by atoms with van der Waals surface area (Å²) in [5.74, 6) is 2.72. The molecule has 0 radical (unpaired) electrons. The number of rotatable bonds is 1. The van der Waals surface area contributed by atoms with E-state index in [0.29, 0.717) is 10.4 Å². The van der Waals surface area contributed by atoms with Gasteiger partial charge in [-0.25, -0.2) is 0 Å². The van der Waals surface area contributed by atoms with Gasteiger partial charge in [0.2, 0.25) is 0 Å². The van der Waals surface area contributed by atoms with E-state index in [4.69, 9.17) is 4.74 Å². The number of alkyl halides is 1. The van der Waals surface area contributed by atoms with Gasteiger partial charge in [-0.05, 0) is 49.9 Å². The highest BCUT2D eigenvalue weighted by Crippen LogP contribution is 2.59. The summed E-state index contributed by atoms with van der Waals surface area (Å²) >= 11 is 3.96. The molecule has 4 aliphatic rings. The van der Waals surface area contributed by atoms with E-state index in [1.807, 2.05) is 7.11 Å². The van der Waals surface area contributed by atoms with Crippen LogP contribution in [-0.4, -0.2) is 17.5 Å². The minimum Gasteiger partial charge on any atom is -0.381 e. The summed E-state index contributed by atoms with van der Waals surface area (Å²) in [6.07, 6.45) is 7.60. The van der Waals surface area contributed by atoms with Crippen LogP contribution in [0, 0.1) is 17.8 Å². The van der Waals surface area contributed by atoms with Crippen molar-refractivity contribution in [3.05, 3.63) is 0 Å². The Labute approximate surface area is 88.4 Å². The molecule has 0 saturated heterocycles. The van der Waals surface area contributed by atoms with Crippen LogP contribution in [0.1, 0.15) is 32.1 Å². The maximum absolute atomic E-state index is 5.65. The van der Waals surface area contributed by atoms with Gasteiger partial charge in [-0.3, -0.25) is 0 Å². The fraction of sp³-hybridized carbons (Fsp3) is 1.00. The van der Waals surface area contributed by atoms with Crippen molar-refractivity contribution < 1.29 is 4.74 Å². The van der Waals surface area contributed by atoms with Crippen molar-refractivity contribution in [3.8, 4) is 0 Å². The van der Waals surface area contributed by atoms with Crippen LogP contribution in [0.5, 0.6) is 0 Å². The molecule has 0 aromatic rings. The minimum atomic E-state index is 0.512. The number of methoxy groups -OCH3 is 1. The molecule has 0 aromatic heterocycles. The largest absolute Gasteiger partial charge is 0.381 e. The van der Waals surface area contributed by atoms with E-state index in [1.54, 1.807) is 0 Å². The molecule has 0 N–H and O–H groups in total. The summed E-state index contributed by atoms with van der Waals surface area (Å²) in [6, 6.07) is 0. The molecule has 4 fully saturated rings. The molecule has 74 valence electrons. The summed E-state index contributed by atoms with van der Waals surface area (Å²) in [4.78, 5) is 0. The van der Waals surface area contributed by atoms with E-state index in [0.717, 1.165) is 17.8 Å². The van der Waals surface area contributed by atoms with Crippen LogP contribution in [0.3, 0.4) is 0 Å². The molecule has 4 saturated carbocycles. The zero-order valence-electron chi connectivity index (χ0n) is 8.13. The van der Waals surface area contributed by atoms with Crippen LogP contribution in [0.25, 0.3) is 0 Å². The second-order valence-electron chi connectivity index (χ2n) is 5.32. The first-order chi connectivity index (χ1) is 6.20. The van der Waals surface area contributed by atoms with Crippen molar-refractivity contribution in [2.45, 2.75) is 42.5 Å². The van der Waals surface area contributed by atoms with Gasteiger partial charge in [-0.15, -0.1) is 0 Å². The lowest BCUT2D eigenvalue weighted by Crippen LogP contribution is -2.54. The molecule has 1 nitrogen and oxygen atoms in total. The van der Waals surface area contributed by atoms with E-state index in [1.165, 1.54) is 32.1 Å². The van der Waals surface area contributed by atoms with Crippen LogP contribution < -0.4 is 0 Å². The van der Waals surface area contributed by atoms with Crippen molar-refractivity contribution >= 4 is 15.9 Å². The molecule has 0 amide bonds.